The van der Waals surface area contributed by atoms with E-state index in [-0.39, 0.29) is 23.9 Å². The first-order chi connectivity index (χ1) is 24.9. The Hall–Kier alpha value is -5.12. The van der Waals surface area contributed by atoms with Crippen LogP contribution in [0.5, 0.6) is 0 Å². The molecule has 0 spiro atoms. The number of likely N-dealkylation sites (tertiary alicyclic amines) is 1. The van der Waals surface area contributed by atoms with Gasteiger partial charge in [-0.1, -0.05) is 54.1 Å². The highest BCUT2D eigenvalue weighted by Gasteiger charge is 2.25. The molecule has 2 amide bonds. The van der Waals surface area contributed by atoms with Crippen LogP contribution in [-0.2, 0) is 6.54 Å². The first-order valence-corrected chi connectivity index (χ1v) is 18.0. The molecule has 2 N–H and O–H groups in total. The predicted octanol–water partition coefficient (Wildman–Crippen LogP) is 6.96. The van der Waals surface area contributed by atoms with Crippen LogP contribution in [0.25, 0.3) is 22.3 Å². The lowest BCUT2D eigenvalue weighted by atomic mass is 9.96. The van der Waals surface area contributed by atoms with Crippen LogP contribution >= 0.6 is 11.6 Å². The second kappa shape index (κ2) is 15.8. The summed E-state index contributed by atoms with van der Waals surface area (Å²) in [5, 5.41) is 6.92. The zero-order chi connectivity index (χ0) is 35.2. The molecule has 2 aliphatic rings. The lowest BCUT2D eigenvalue weighted by Gasteiger charge is -2.34. The molecule has 2 fully saturated rings. The Labute approximate surface area is 304 Å². The number of piperidine rings is 2. The molecule has 0 radical (unpaired) electrons. The van der Waals surface area contributed by atoms with Gasteiger partial charge in [0.1, 0.15) is 5.82 Å². The molecular formula is C41H42ClN7O2. The number of halogens is 1. The van der Waals surface area contributed by atoms with Crippen molar-refractivity contribution in [1.29, 1.82) is 0 Å². The Kier molecular flexibility index (Phi) is 10.7. The van der Waals surface area contributed by atoms with Crippen LogP contribution in [0.15, 0.2) is 104 Å². The zero-order valence-corrected chi connectivity index (χ0v) is 29.5. The van der Waals surface area contributed by atoms with E-state index in [1.54, 1.807) is 24.7 Å². The molecule has 2 aromatic carbocycles. The van der Waals surface area contributed by atoms with Gasteiger partial charge in [0.15, 0.2) is 0 Å². The van der Waals surface area contributed by atoms with Gasteiger partial charge in [0.2, 0.25) is 0 Å². The Bertz CT molecular complexity index is 1960. The Balaban J connectivity index is 0.859. The summed E-state index contributed by atoms with van der Waals surface area (Å²) >= 11 is 6.68. The minimum Gasteiger partial charge on any atom is -0.356 e. The van der Waals surface area contributed by atoms with Gasteiger partial charge in [0.05, 0.1) is 10.6 Å². The van der Waals surface area contributed by atoms with E-state index in [9.17, 15) is 9.59 Å². The van der Waals surface area contributed by atoms with E-state index >= 15 is 0 Å². The highest BCUT2D eigenvalue weighted by molar-refractivity contribution is 6.36. The van der Waals surface area contributed by atoms with Gasteiger partial charge in [-0.05, 0) is 79.6 Å². The summed E-state index contributed by atoms with van der Waals surface area (Å²) in [6.45, 7) is 6.29. The van der Waals surface area contributed by atoms with Crippen molar-refractivity contribution < 1.29 is 9.59 Å². The molecule has 5 aromatic rings. The molecule has 0 bridgehead atoms. The maximum Gasteiger partial charge on any atom is 0.253 e. The van der Waals surface area contributed by atoms with E-state index in [2.05, 4.69) is 42.5 Å². The summed E-state index contributed by atoms with van der Waals surface area (Å²) in [6.07, 6.45) is 12.5. The second-order valence-corrected chi connectivity index (χ2v) is 13.8. The number of nitrogens with zero attached hydrogens (tertiary/aromatic N) is 5. The average molecular weight is 700 g/mol. The molecular weight excluding hydrogens is 658 g/mol. The normalized spacial score (nSPS) is 15.8. The standard InChI is InChI=1S/C41H42ClN7O2/c1-28-34(30-6-4-18-43-25-30)8-2-9-35(28)40(50)46-32-14-20-48(21-15-32)27-29-12-13-38(45-24-29)49-22-16-33(17-23-49)47-41(51)37-11-3-10-36(39(37)42)31-7-5-19-44-26-31/h2-13,18-19,24-26,32-33H,14-17,20-23,27H2,1H3,(H,46,50)(H,47,51). The highest BCUT2D eigenvalue weighted by atomic mass is 35.5. The van der Waals surface area contributed by atoms with Crippen molar-refractivity contribution in [2.24, 2.45) is 0 Å². The number of anilines is 1. The van der Waals surface area contributed by atoms with Gasteiger partial charge in [0.25, 0.3) is 11.8 Å². The lowest BCUT2D eigenvalue weighted by molar-refractivity contribution is 0.0905. The minimum absolute atomic E-state index is 0.0149. The Morgan fingerprint density at radius 1 is 0.706 bits per heavy atom. The van der Waals surface area contributed by atoms with Gasteiger partial charge in [-0.25, -0.2) is 4.98 Å². The highest BCUT2D eigenvalue weighted by Crippen LogP contribution is 2.31. The molecule has 0 aliphatic carbocycles. The van der Waals surface area contributed by atoms with Crippen LogP contribution in [0.2, 0.25) is 5.02 Å². The van der Waals surface area contributed by atoms with E-state index in [1.165, 1.54) is 5.56 Å². The van der Waals surface area contributed by atoms with Crippen molar-refractivity contribution in [2.75, 3.05) is 31.1 Å². The van der Waals surface area contributed by atoms with Gasteiger partial charge >= 0.3 is 0 Å². The number of rotatable bonds is 9. The van der Waals surface area contributed by atoms with Crippen molar-refractivity contribution in [1.82, 2.24) is 30.5 Å². The average Bonchev–Trinajstić information content (AvgIpc) is 3.17. The third kappa shape index (κ3) is 8.11. The molecule has 10 heteroatoms. The van der Waals surface area contributed by atoms with Crippen molar-refractivity contribution in [3.05, 3.63) is 131 Å². The monoisotopic (exact) mass is 699 g/mol. The zero-order valence-electron chi connectivity index (χ0n) is 28.8. The molecule has 9 nitrogen and oxygen atoms in total. The van der Waals surface area contributed by atoms with Crippen LogP contribution in [0, 0.1) is 6.92 Å². The van der Waals surface area contributed by atoms with Crippen LogP contribution in [0.4, 0.5) is 5.82 Å². The fourth-order valence-electron chi connectivity index (χ4n) is 7.14. The second-order valence-electron chi connectivity index (χ2n) is 13.4. The summed E-state index contributed by atoms with van der Waals surface area (Å²) in [5.74, 6) is 0.790. The molecule has 0 saturated carbocycles. The maximum absolute atomic E-state index is 13.3. The molecule has 260 valence electrons. The van der Waals surface area contributed by atoms with Gasteiger partial charge in [-0.2, -0.15) is 0 Å². The van der Waals surface area contributed by atoms with Gasteiger partial charge in [0, 0.05) is 98.0 Å². The van der Waals surface area contributed by atoms with Crippen molar-refractivity contribution in [3.63, 3.8) is 0 Å². The lowest BCUT2D eigenvalue weighted by Crippen LogP contribution is -2.45. The number of carbonyl (C=O) groups excluding carboxylic acids is 2. The molecule has 51 heavy (non-hydrogen) atoms. The number of nitrogens with one attached hydrogen (secondary N) is 2. The largest absolute Gasteiger partial charge is 0.356 e. The fourth-order valence-corrected chi connectivity index (χ4v) is 7.46. The van der Waals surface area contributed by atoms with Gasteiger partial charge in [-0.3, -0.25) is 24.5 Å². The van der Waals surface area contributed by atoms with Crippen LogP contribution in [0.1, 0.15) is 57.5 Å². The van der Waals surface area contributed by atoms with Gasteiger partial charge in [-0.15, -0.1) is 0 Å². The Morgan fingerprint density at radius 2 is 1.29 bits per heavy atom. The maximum atomic E-state index is 13.3. The number of hydrogen-bond donors (Lipinski definition) is 2. The first kappa shape index (κ1) is 34.3. The minimum atomic E-state index is -0.153. The van der Waals surface area contributed by atoms with E-state index in [4.69, 9.17) is 16.6 Å². The van der Waals surface area contributed by atoms with E-state index in [1.807, 2.05) is 73.9 Å². The summed E-state index contributed by atoms with van der Waals surface area (Å²) < 4.78 is 0. The summed E-state index contributed by atoms with van der Waals surface area (Å²) in [4.78, 5) is 44.4. The number of benzene rings is 2. The number of pyridine rings is 3. The fraction of sp³-hybridized carbons (Fsp3) is 0.293. The topological polar surface area (TPSA) is 103 Å². The van der Waals surface area contributed by atoms with Gasteiger partial charge < -0.3 is 15.5 Å². The molecule has 2 aliphatic heterocycles. The SMILES string of the molecule is Cc1c(C(=O)NC2CCN(Cc3ccc(N4CCC(NC(=O)c5cccc(-c6cccnc6)c5Cl)CC4)nc3)CC2)cccc1-c1cccnc1. The van der Waals surface area contributed by atoms with Crippen molar-refractivity contribution >= 4 is 29.2 Å². The van der Waals surface area contributed by atoms with Crippen molar-refractivity contribution in [3.8, 4) is 22.3 Å². The molecule has 0 unspecified atom stereocenters. The molecule has 7 rings (SSSR count). The molecule has 0 atom stereocenters. The number of hydrogen-bond acceptors (Lipinski definition) is 7. The van der Waals surface area contributed by atoms with E-state index in [0.29, 0.717) is 16.1 Å². The van der Waals surface area contributed by atoms with Crippen LogP contribution in [0.3, 0.4) is 0 Å². The predicted molar refractivity (Wildman–Crippen MR) is 202 cm³/mol. The van der Waals surface area contributed by atoms with Crippen LogP contribution < -0.4 is 15.5 Å². The van der Waals surface area contributed by atoms with E-state index in [0.717, 1.165) is 92.0 Å². The summed E-state index contributed by atoms with van der Waals surface area (Å²) in [5.41, 5.74) is 7.06. The number of carbonyl (C=O) groups is 2. The third-order valence-electron chi connectivity index (χ3n) is 10.1. The molecule has 5 heterocycles. The number of amides is 2. The number of aromatic nitrogens is 3. The third-order valence-corrected chi connectivity index (χ3v) is 10.5. The van der Waals surface area contributed by atoms with Crippen molar-refractivity contribution in [2.45, 2.75) is 51.2 Å². The molecule has 2 saturated heterocycles. The first-order valence-electron chi connectivity index (χ1n) is 17.7. The van der Waals surface area contributed by atoms with E-state index < -0.39 is 0 Å². The Morgan fingerprint density at radius 3 is 1.90 bits per heavy atom. The summed E-state index contributed by atoms with van der Waals surface area (Å²) in [6, 6.07) is 23.6. The van der Waals surface area contributed by atoms with Crippen LogP contribution in [-0.4, -0.2) is 69.9 Å². The summed E-state index contributed by atoms with van der Waals surface area (Å²) in [7, 11) is 0. The quantitative estimate of drug-likeness (QED) is 0.172. The smallest absolute Gasteiger partial charge is 0.253 e. The molecule has 3 aromatic heterocycles.